The Bertz CT molecular complexity index is 609. The van der Waals surface area contributed by atoms with E-state index < -0.39 is 0 Å². The highest BCUT2D eigenvalue weighted by Gasteiger charge is 2.21. The van der Waals surface area contributed by atoms with Gasteiger partial charge in [-0.3, -0.25) is 4.79 Å². The van der Waals surface area contributed by atoms with E-state index in [0.29, 0.717) is 26.2 Å². The van der Waals surface area contributed by atoms with Crippen LogP contribution in [-0.2, 0) is 29.1 Å². The first-order chi connectivity index (χ1) is 10.8. The van der Waals surface area contributed by atoms with Crippen molar-refractivity contribution in [3.05, 3.63) is 53.6 Å². The lowest BCUT2D eigenvalue weighted by Crippen LogP contribution is -2.36. The van der Waals surface area contributed by atoms with Gasteiger partial charge in [0.2, 0.25) is 5.91 Å². The van der Waals surface area contributed by atoms with Crippen molar-refractivity contribution in [3.8, 4) is 0 Å². The first-order valence-corrected chi connectivity index (χ1v) is 7.73. The molecule has 0 aliphatic carbocycles. The van der Waals surface area contributed by atoms with Crippen LogP contribution in [0.2, 0.25) is 0 Å². The Morgan fingerprint density at radius 2 is 2.18 bits per heavy atom. The topological polar surface area (TPSA) is 58.2 Å². The van der Waals surface area contributed by atoms with E-state index >= 15 is 0 Å². The summed E-state index contributed by atoms with van der Waals surface area (Å²) in [4.78, 5) is 21.5. The minimum absolute atomic E-state index is 0.198. The lowest BCUT2D eigenvalue weighted by atomic mass is 10.1. The van der Waals surface area contributed by atoms with Crippen molar-refractivity contribution in [1.82, 2.24) is 14.9 Å². The molecule has 0 radical (unpaired) electrons. The number of carbonyl (C=O) groups excluding carboxylic acids is 1. The van der Waals surface area contributed by atoms with Gasteiger partial charge in [0.1, 0.15) is 0 Å². The lowest BCUT2D eigenvalue weighted by molar-refractivity contribution is -0.132. The van der Waals surface area contributed by atoms with Crippen molar-refractivity contribution < 1.29 is 9.53 Å². The number of fused-ring (bicyclic) bond motifs is 1. The summed E-state index contributed by atoms with van der Waals surface area (Å²) in [5.41, 5.74) is 3.33. The van der Waals surface area contributed by atoms with E-state index in [-0.39, 0.29) is 5.91 Å². The molecule has 2 aromatic rings. The molecule has 0 bridgehead atoms. The van der Waals surface area contributed by atoms with Gasteiger partial charge in [0.15, 0.2) is 0 Å². The van der Waals surface area contributed by atoms with Crippen molar-refractivity contribution >= 4 is 5.91 Å². The van der Waals surface area contributed by atoms with Gasteiger partial charge in [-0.15, -0.1) is 0 Å². The molecule has 22 heavy (non-hydrogen) atoms. The first kappa shape index (κ1) is 14.8. The second-order valence-electron chi connectivity index (χ2n) is 5.53. The van der Waals surface area contributed by atoms with Crippen LogP contribution in [0.3, 0.4) is 0 Å². The predicted molar refractivity (Wildman–Crippen MR) is 83.0 cm³/mol. The molecule has 0 saturated heterocycles. The molecule has 0 atom stereocenters. The van der Waals surface area contributed by atoms with Crippen LogP contribution < -0.4 is 0 Å². The highest BCUT2D eigenvalue weighted by Crippen LogP contribution is 2.16. The fourth-order valence-electron chi connectivity index (χ4n) is 2.67. The molecule has 5 heteroatoms. The average molecular weight is 299 g/mol. The summed E-state index contributed by atoms with van der Waals surface area (Å²) in [5.74, 6) is 0.198. The molecule has 1 aromatic heterocycles. The molecule has 3 rings (SSSR count). The fraction of sp³-hybridized carbons (Fsp3) is 0.412. The Morgan fingerprint density at radius 3 is 3.05 bits per heavy atom. The second kappa shape index (κ2) is 7.22. The second-order valence-corrected chi connectivity index (χ2v) is 5.53. The standard InChI is InChI=1S/C17H21N3O2/c21-17(20-9-8-15-16(11-20)19-13-18-15)7-4-10-22-12-14-5-2-1-3-6-14/h1-3,5-6,13H,4,7-12H2,(H,18,19). The Balaban J connectivity index is 1.35. The zero-order valence-corrected chi connectivity index (χ0v) is 12.6. The summed E-state index contributed by atoms with van der Waals surface area (Å²) in [6.07, 6.45) is 3.85. The van der Waals surface area contributed by atoms with Crippen LogP contribution >= 0.6 is 0 Å². The maximum absolute atomic E-state index is 12.2. The van der Waals surface area contributed by atoms with E-state index in [2.05, 4.69) is 9.97 Å². The number of ether oxygens (including phenoxy) is 1. The van der Waals surface area contributed by atoms with Gasteiger partial charge >= 0.3 is 0 Å². The van der Waals surface area contributed by atoms with Crippen LogP contribution in [0.4, 0.5) is 0 Å². The number of H-pyrrole nitrogens is 1. The van der Waals surface area contributed by atoms with Gasteiger partial charge in [-0.05, 0) is 12.0 Å². The molecule has 1 aliphatic heterocycles. The normalized spacial score (nSPS) is 13.9. The summed E-state index contributed by atoms with van der Waals surface area (Å²) in [7, 11) is 0. The molecule has 0 saturated carbocycles. The Morgan fingerprint density at radius 1 is 1.32 bits per heavy atom. The molecule has 5 nitrogen and oxygen atoms in total. The fourth-order valence-corrected chi connectivity index (χ4v) is 2.67. The third-order valence-electron chi connectivity index (χ3n) is 3.92. The molecule has 0 spiro atoms. The molecule has 1 aromatic carbocycles. The van der Waals surface area contributed by atoms with Crippen molar-refractivity contribution in [1.29, 1.82) is 0 Å². The third-order valence-corrected chi connectivity index (χ3v) is 3.92. The number of hydrogen-bond donors (Lipinski definition) is 1. The van der Waals surface area contributed by atoms with Crippen molar-refractivity contribution in [2.45, 2.75) is 32.4 Å². The highest BCUT2D eigenvalue weighted by molar-refractivity contribution is 5.76. The number of nitrogens with one attached hydrogen (secondary N) is 1. The Labute approximate surface area is 130 Å². The molecule has 116 valence electrons. The maximum atomic E-state index is 12.2. The third kappa shape index (κ3) is 3.74. The quantitative estimate of drug-likeness (QED) is 0.833. The monoisotopic (exact) mass is 299 g/mol. The van der Waals surface area contributed by atoms with E-state index in [1.54, 1.807) is 6.33 Å². The number of aromatic nitrogens is 2. The minimum atomic E-state index is 0.198. The molecule has 1 aliphatic rings. The van der Waals surface area contributed by atoms with E-state index in [4.69, 9.17) is 4.74 Å². The minimum Gasteiger partial charge on any atom is -0.377 e. The van der Waals surface area contributed by atoms with Gasteiger partial charge in [0.05, 0.1) is 30.9 Å². The lowest BCUT2D eigenvalue weighted by Gasteiger charge is -2.26. The zero-order valence-electron chi connectivity index (χ0n) is 12.6. The number of hydrogen-bond acceptors (Lipinski definition) is 3. The Kier molecular flexibility index (Phi) is 4.85. The number of imidazole rings is 1. The summed E-state index contributed by atoms with van der Waals surface area (Å²) < 4.78 is 5.61. The number of nitrogens with zero attached hydrogens (tertiary/aromatic N) is 2. The molecule has 1 N–H and O–H groups in total. The van der Waals surface area contributed by atoms with Crippen LogP contribution in [0.25, 0.3) is 0 Å². The smallest absolute Gasteiger partial charge is 0.223 e. The maximum Gasteiger partial charge on any atom is 0.223 e. The number of benzene rings is 1. The summed E-state index contributed by atoms with van der Waals surface area (Å²) in [6, 6.07) is 10.1. The van der Waals surface area contributed by atoms with Crippen molar-refractivity contribution in [2.24, 2.45) is 0 Å². The van der Waals surface area contributed by atoms with Gasteiger partial charge < -0.3 is 14.6 Å². The van der Waals surface area contributed by atoms with Crippen molar-refractivity contribution in [3.63, 3.8) is 0 Å². The summed E-state index contributed by atoms with van der Waals surface area (Å²) in [5, 5.41) is 0. The summed E-state index contributed by atoms with van der Waals surface area (Å²) >= 11 is 0. The van der Waals surface area contributed by atoms with E-state index in [1.807, 2.05) is 35.2 Å². The van der Waals surface area contributed by atoms with Crippen LogP contribution in [0, 0.1) is 0 Å². The SMILES string of the molecule is O=C(CCCOCc1ccccc1)N1CCc2nc[nH]c2C1. The van der Waals surface area contributed by atoms with Crippen LogP contribution in [0.15, 0.2) is 36.7 Å². The zero-order chi connectivity index (χ0) is 15.2. The Hall–Kier alpha value is -2.14. The van der Waals surface area contributed by atoms with Crippen LogP contribution in [0.1, 0.15) is 29.8 Å². The molecule has 0 unspecified atom stereocenters. The number of aromatic amines is 1. The van der Waals surface area contributed by atoms with Gasteiger partial charge in [-0.25, -0.2) is 4.98 Å². The summed E-state index contributed by atoms with van der Waals surface area (Å²) in [6.45, 7) is 2.64. The van der Waals surface area contributed by atoms with Gasteiger partial charge in [0, 0.05) is 26.0 Å². The van der Waals surface area contributed by atoms with Gasteiger partial charge in [0.25, 0.3) is 0 Å². The number of amides is 1. The van der Waals surface area contributed by atoms with E-state index in [0.717, 1.165) is 36.3 Å². The molecular formula is C17H21N3O2. The number of carbonyl (C=O) groups is 1. The van der Waals surface area contributed by atoms with Gasteiger partial charge in [-0.1, -0.05) is 30.3 Å². The van der Waals surface area contributed by atoms with Crippen LogP contribution in [0.5, 0.6) is 0 Å². The number of rotatable bonds is 6. The van der Waals surface area contributed by atoms with Gasteiger partial charge in [-0.2, -0.15) is 0 Å². The van der Waals surface area contributed by atoms with Crippen LogP contribution in [-0.4, -0.2) is 33.9 Å². The molecule has 0 fully saturated rings. The van der Waals surface area contributed by atoms with Crippen molar-refractivity contribution in [2.75, 3.05) is 13.2 Å². The van der Waals surface area contributed by atoms with E-state index in [1.165, 1.54) is 0 Å². The van der Waals surface area contributed by atoms with E-state index in [9.17, 15) is 4.79 Å². The molecule has 1 amide bonds. The molecule has 2 heterocycles. The molecular weight excluding hydrogens is 278 g/mol. The predicted octanol–water partition coefficient (Wildman–Crippen LogP) is 2.29. The average Bonchev–Trinajstić information content (AvgIpc) is 3.03. The first-order valence-electron chi connectivity index (χ1n) is 7.73. The largest absolute Gasteiger partial charge is 0.377 e. The highest BCUT2D eigenvalue weighted by atomic mass is 16.5.